The van der Waals surface area contributed by atoms with Gasteiger partial charge in [-0.25, -0.2) is 0 Å². The van der Waals surface area contributed by atoms with Crippen LogP contribution < -0.4 is 11.1 Å². The summed E-state index contributed by atoms with van der Waals surface area (Å²) in [7, 11) is 0. The first-order chi connectivity index (χ1) is 7.18. The molecule has 0 unspecified atom stereocenters. The van der Waals surface area contributed by atoms with Gasteiger partial charge >= 0.3 is 0 Å². The van der Waals surface area contributed by atoms with Gasteiger partial charge in [-0.1, -0.05) is 13.8 Å². The second-order valence-electron chi connectivity index (χ2n) is 3.82. The van der Waals surface area contributed by atoms with Gasteiger partial charge in [0.15, 0.2) is 5.96 Å². The van der Waals surface area contributed by atoms with Crippen LogP contribution in [0.25, 0.3) is 0 Å². The zero-order chi connectivity index (χ0) is 11.1. The number of nitrogens with two attached hydrogens (primary N) is 1. The molecule has 0 spiro atoms. The minimum Gasteiger partial charge on any atom is -0.370 e. The molecular formula is C10H20IN5. The van der Waals surface area contributed by atoms with Crippen molar-refractivity contribution in [3.8, 4) is 0 Å². The average Bonchev–Trinajstić information content (AvgIpc) is 2.67. The molecule has 1 rings (SSSR count). The van der Waals surface area contributed by atoms with Gasteiger partial charge < -0.3 is 11.1 Å². The molecule has 0 fully saturated rings. The number of hydrogen-bond acceptors (Lipinski definition) is 2. The molecule has 0 aliphatic rings. The molecule has 0 aromatic carbocycles. The van der Waals surface area contributed by atoms with Crippen LogP contribution in [-0.2, 0) is 6.54 Å². The van der Waals surface area contributed by atoms with Crippen LogP contribution in [0, 0.1) is 5.92 Å². The molecule has 0 saturated heterocycles. The number of nitrogens with zero attached hydrogens (tertiary/aromatic N) is 3. The largest absolute Gasteiger partial charge is 0.370 e. The third-order valence-electron chi connectivity index (χ3n) is 1.83. The van der Waals surface area contributed by atoms with Gasteiger partial charge in [0.25, 0.3) is 0 Å². The summed E-state index contributed by atoms with van der Waals surface area (Å²) in [5.41, 5.74) is 5.67. The maximum absolute atomic E-state index is 5.67. The van der Waals surface area contributed by atoms with Crippen LogP contribution in [0.2, 0.25) is 0 Å². The van der Waals surface area contributed by atoms with Crippen molar-refractivity contribution in [2.45, 2.75) is 20.4 Å². The predicted molar refractivity (Wildman–Crippen MR) is 77.0 cm³/mol. The summed E-state index contributed by atoms with van der Waals surface area (Å²) >= 11 is 0. The summed E-state index contributed by atoms with van der Waals surface area (Å²) < 4.78 is 1.85. The van der Waals surface area contributed by atoms with E-state index in [4.69, 9.17) is 5.73 Å². The van der Waals surface area contributed by atoms with E-state index in [2.05, 4.69) is 29.3 Å². The lowest BCUT2D eigenvalue weighted by molar-refractivity contribution is 0.599. The van der Waals surface area contributed by atoms with Crippen LogP contribution in [0.5, 0.6) is 0 Å². The number of rotatable bonds is 5. The van der Waals surface area contributed by atoms with Gasteiger partial charge in [0.1, 0.15) is 0 Å². The molecule has 16 heavy (non-hydrogen) atoms. The Morgan fingerprint density at radius 3 is 2.88 bits per heavy atom. The third-order valence-corrected chi connectivity index (χ3v) is 1.83. The first-order valence-corrected chi connectivity index (χ1v) is 5.19. The minimum absolute atomic E-state index is 0. The van der Waals surface area contributed by atoms with Gasteiger partial charge in [-0.3, -0.25) is 9.67 Å². The Hall–Kier alpha value is -0.790. The quantitative estimate of drug-likeness (QED) is 0.480. The second-order valence-corrected chi connectivity index (χ2v) is 3.82. The van der Waals surface area contributed by atoms with Crippen LogP contribution in [0.15, 0.2) is 23.5 Å². The number of nitrogens with one attached hydrogen (secondary N) is 1. The maximum Gasteiger partial charge on any atom is 0.188 e. The number of aromatic nitrogens is 2. The van der Waals surface area contributed by atoms with Gasteiger partial charge in [-0.15, -0.1) is 24.0 Å². The highest BCUT2D eigenvalue weighted by Gasteiger charge is 1.94. The third kappa shape index (κ3) is 6.65. The molecule has 1 aromatic rings. The summed E-state index contributed by atoms with van der Waals surface area (Å²) in [5.74, 6) is 1.05. The van der Waals surface area contributed by atoms with Gasteiger partial charge in [-0.05, 0) is 12.0 Å². The molecule has 0 aliphatic heterocycles. The van der Waals surface area contributed by atoms with E-state index < -0.39 is 0 Å². The van der Waals surface area contributed by atoms with Crippen molar-refractivity contribution in [2.75, 3.05) is 13.1 Å². The zero-order valence-corrected chi connectivity index (χ0v) is 12.1. The standard InChI is InChI=1S/C10H19N5.HI/c1-9(2)8-13-10(11)12-5-7-15-6-3-4-14-15;/h3-4,6,9H,5,7-8H2,1-2H3,(H3,11,12,13);1H. The summed E-state index contributed by atoms with van der Waals surface area (Å²) in [5, 5.41) is 7.13. The molecule has 1 aromatic heterocycles. The van der Waals surface area contributed by atoms with Crippen molar-refractivity contribution >= 4 is 29.9 Å². The Morgan fingerprint density at radius 2 is 2.31 bits per heavy atom. The van der Waals surface area contributed by atoms with Crippen molar-refractivity contribution in [1.29, 1.82) is 0 Å². The molecule has 0 atom stereocenters. The van der Waals surface area contributed by atoms with E-state index in [0.29, 0.717) is 11.9 Å². The maximum atomic E-state index is 5.67. The normalized spacial score (nSPS) is 11.3. The van der Waals surface area contributed by atoms with Crippen LogP contribution in [0.4, 0.5) is 0 Å². The Bertz CT molecular complexity index is 294. The van der Waals surface area contributed by atoms with E-state index in [-0.39, 0.29) is 24.0 Å². The average molecular weight is 337 g/mol. The Kier molecular flexibility index (Phi) is 7.96. The Labute approximate surface area is 114 Å². The summed E-state index contributed by atoms with van der Waals surface area (Å²) in [6.45, 7) is 6.53. The predicted octanol–water partition coefficient (Wildman–Crippen LogP) is 1.06. The van der Waals surface area contributed by atoms with Crippen LogP contribution >= 0.6 is 24.0 Å². The monoisotopic (exact) mass is 337 g/mol. The molecular weight excluding hydrogens is 317 g/mol. The lowest BCUT2D eigenvalue weighted by Crippen LogP contribution is -2.34. The smallest absolute Gasteiger partial charge is 0.188 e. The molecule has 92 valence electrons. The topological polar surface area (TPSA) is 68.2 Å². The van der Waals surface area contributed by atoms with Crippen molar-refractivity contribution in [3.05, 3.63) is 18.5 Å². The molecule has 1 heterocycles. The van der Waals surface area contributed by atoms with Crippen molar-refractivity contribution in [2.24, 2.45) is 16.6 Å². The van der Waals surface area contributed by atoms with E-state index in [0.717, 1.165) is 19.6 Å². The van der Waals surface area contributed by atoms with E-state index in [1.165, 1.54) is 0 Å². The lowest BCUT2D eigenvalue weighted by Gasteiger charge is -2.06. The molecule has 5 nitrogen and oxygen atoms in total. The minimum atomic E-state index is 0. The molecule has 3 N–H and O–H groups in total. The number of hydrogen-bond donors (Lipinski definition) is 2. The number of guanidine groups is 1. The van der Waals surface area contributed by atoms with Gasteiger partial charge in [0, 0.05) is 25.5 Å². The van der Waals surface area contributed by atoms with E-state index in [1.807, 2.05) is 16.9 Å². The zero-order valence-electron chi connectivity index (χ0n) is 9.76. The van der Waals surface area contributed by atoms with Crippen LogP contribution in [0.3, 0.4) is 0 Å². The van der Waals surface area contributed by atoms with E-state index >= 15 is 0 Å². The fraction of sp³-hybridized carbons (Fsp3) is 0.600. The second kappa shape index (κ2) is 8.37. The highest BCUT2D eigenvalue weighted by molar-refractivity contribution is 14.0. The SMILES string of the molecule is CC(C)CN=C(N)NCCn1cccn1.I. The van der Waals surface area contributed by atoms with E-state index in [9.17, 15) is 0 Å². The first kappa shape index (κ1) is 15.2. The molecule has 0 aliphatic carbocycles. The van der Waals surface area contributed by atoms with Crippen molar-refractivity contribution in [3.63, 3.8) is 0 Å². The highest BCUT2D eigenvalue weighted by atomic mass is 127. The van der Waals surface area contributed by atoms with Crippen molar-refractivity contribution < 1.29 is 0 Å². The molecule has 6 heteroatoms. The van der Waals surface area contributed by atoms with Gasteiger partial charge in [0.2, 0.25) is 0 Å². The van der Waals surface area contributed by atoms with Crippen LogP contribution in [0.1, 0.15) is 13.8 Å². The molecule has 0 amide bonds. The van der Waals surface area contributed by atoms with E-state index in [1.54, 1.807) is 6.20 Å². The van der Waals surface area contributed by atoms with Gasteiger partial charge in [-0.2, -0.15) is 5.10 Å². The number of aliphatic imine (C=N–C) groups is 1. The fourth-order valence-electron chi connectivity index (χ4n) is 1.07. The first-order valence-electron chi connectivity index (χ1n) is 5.19. The Morgan fingerprint density at radius 1 is 1.56 bits per heavy atom. The molecule has 0 bridgehead atoms. The van der Waals surface area contributed by atoms with Gasteiger partial charge in [0.05, 0.1) is 6.54 Å². The summed E-state index contributed by atoms with van der Waals surface area (Å²) in [6.07, 6.45) is 3.68. The highest BCUT2D eigenvalue weighted by Crippen LogP contribution is 1.90. The molecule has 0 radical (unpaired) electrons. The van der Waals surface area contributed by atoms with Crippen molar-refractivity contribution in [1.82, 2.24) is 15.1 Å². The molecule has 0 saturated carbocycles. The summed E-state index contributed by atoms with van der Waals surface area (Å²) in [6, 6.07) is 1.90. The summed E-state index contributed by atoms with van der Waals surface area (Å²) in [4.78, 5) is 4.20. The van der Waals surface area contributed by atoms with Crippen LogP contribution in [-0.4, -0.2) is 28.8 Å². The lowest BCUT2D eigenvalue weighted by atomic mass is 10.2. The number of halogens is 1. The Balaban J connectivity index is 0.00000225. The fourth-order valence-corrected chi connectivity index (χ4v) is 1.07.